The van der Waals surface area contributed by atoms with Crippen molar-refractivity contribution in [2.24, 2.45) is 0 Å². The summed E-state index contributed by atoms with van der Waals surface area (Å²) in [5.41, 5.74) is -0.0609. The Hall–Kier alpha value is -1.56. The zero-order valence-electron chi connectivity index (χ0n) is 14.3. The van der Waals surface area contributed by atoms with Crippen LogP contribution < -0.4 is 10.0 Å². The third-order valence-electron chi connectivity index (χ3n) is 4.13. The molecule has 0 unspecified atom stereocenters. The third kappa shape index (κ3) is 5.47. The minimum absolute atomic E-state index is 0. The highest BCUT2D eigenvalue weighted by atomic mass is 35.5. The van der Waals surface area contributed by atoms with Crippen LogP contribution in [0.15, 0.2) is 35.4 Å². The van der Waals surface area contributed by atoms with Crippen LogP contribution in [0.5, 0.6) is 0 Å². The summed E-state index contributed by atoms with van der Waals surface area (Å²) in [4.78, 5) is 16.8. The fourth-order valence-corrected chi connectivity index (χ4v) is 4.04. The standard InChI is InChI=1S/C15H19N5O4S.2ClH/c21-20(22)13-3-4-14(15-12(13)2-1-5-17-15)25(23,24)18-8-11-19-9-6-16-7-10-19;;/h1-5,16,18H,6-11H2;2*1H. The van der Waals surface area contributed by atoms with E-state index in [1.54, 1.807) is 6.07 Å². The molecule has 2 aromatic rings. The number of pyridine rings is 1. The molecule has 1 saturated heterocycles. The summed E-state index contributed by atoms with van der Waals surface area (Å²) in [5, 5.41) is 14.6. The molecule has 1 aliphatic heterocycles. The van der Waals surface area contributed by atoms with Gasteiger partial charge in [-0.05, 0) is 18.2 Å². The molecular weight excluding hydrogens is 417 g/mol. The molecule has 27 heavy (non-hydrogen) atoms. The second-order valence-electron chi connectivity index (χ2n) is 5.73. The quantitative estimate of drug-likeness (QED) is 0.514. The number of nitro benzene ring substituents is 1. The van der Waals surface area contributed by atoms with Crippen LogP contribution in [0.1, 0.15) is 0 Å². The number of hydrogen-bond donors (Lipinski definition) is 2. The van der Waals surface area contributed by atoms with Crippen LogP contribution in [-0.4, -0.2) is 62.5 Å². The molecule has 9 nitrogen and oxygen atoms in total. The van der Waals surface area contributed by atoms with Crippen molar-refractivity contribution in [2.45, 2.75) is 4.90 Å². The molecule has 1 aromatic heterocycles. The number of hydrogen-bond acceptors (Lipinski definition) is 7. The van der Waals surface area contributed by atoms with Gasteiger partial charge in [0.15, 0.2) is 0 Å². The van der Waals surface area contributed by atoms with E-state index in [0.717, 1.165) is 26.2 Å². The summed E-state index contributed by atoms with van der Waals surface area (Å²) in [7, 11) is -3.81. The number of aromatic nitrogens is 1. The minimum Gasteiger partial charge on any atom is -0.314 e. The van der Waals surface area contributed by atoms with E-state index in [9.17, 15) is 18.5 Å². The predicted octanol–water partition coefficient (Wildman–Crippen LogP) is 1.17. The molecule has 12 heteroatoms. The highest BCUT2D eigenvalue weighted by Gasteiger charge is 2.23. The van der Waals surface area contributed by atoms with Crippen LogP contribution in [0.25, 0.3) is 10.9 Å². The van der Waals surface area contributed by atoms with E-state index in [0.29, 0.717) is 6.54 Å². The fourth-order valence-electron chi connectivity index (χ4n) is 2.86. The molecule has 1 aromatic carbocycles. The number of nitrogens with zero attached hydrogens (tertiary/aromatic N) is 3. The average Bonchev–Trinajstić information content (AvgIpc) is 2.61. The number of fused-ring (bicyclic) bond motifs is 1. The van der Waals surface area contributed by atoms with Gasteiger partial charge in [0.2, 0.25) is 10.0 Å². The number of non-ortho nitro benzene ring substituents is 1. The molecule has 0 amide bonds. The number of piperazine rings is 1. The van der Waals surface area contributed by atoms with Gasteiger partial charge in [-0.25, -0.2) is 13.1 Å². The Morgan fingerprint density at radius 1 is 1.22 bits per heavy atom. The first-order chi connectivity index (χ1) is 12.0. The highest BCUT2D eigenvalue weighted by molar-refractivity contribution is 7.89. The van der Waals surface area contributed by atoms with Gasteiger partial charge in [-0.2, -0.15) is 0 Å². The van der Waals surface area contributed by atoms with Gasteiger partial charge in [0, 0.05) is 51.5 Å². The summed E-state index contributed by atoms with van der Waals surface area (Å²) in [6, 6.07) is 5.49. The fraction of sp³-hybridized carbons (Fsp3) is 0.400. The minimum atomic E-state index is -3.81. The lowest BCUT2D eigenvalue weighted by Gasteiger charge is -2.27. The molecule has 2 heterocycles. The van der Waals surface area contributed by atoms with Gasteiger partial charge < -0.3 is 5.32 Å². The van der Waals surface area contributed by atoms with Crippen molar-refractivity contribution in [3.8, 4) is 0 Å². The topological polar surface area (TPSA) is 117 Å². The Kier molecular flexibility index (Phi) is 8.79. The SMILES string of the molecule is Cl.Cl.O=[N+]([O-])c1ccc(S(=O)(=O)NCCN2CCNCC2)c2ncccc12. The lowest BCUT2D eigenvalue weighted by Crippen LogP contribution is -2.46. The van der Waals surface area contributed by atoms with Gasteiger partial charge in [0.05, 0.1) is 15.8 Å². The molecule has 0 radical (unpaired) electrons. The third-order valence-corrected chi connectivity index (χ3v) is 5.62. The van der Waals surface area contributed by atoms with Crippen LogP contribution >= 0.6 is 24.8 Å². The summed E-state index contributed by atoms with van der Waals surface area (Å²) in [5.74, 6) is 0. The Labute approximate surface area is 169 Å². The predicted molar refractivity (Wildman–Crippen MR) is 107 cm³/mol. The summed E-state index contributed by atoms with van der Waals surface area (Å²) in [6.45, 7) is 4.42. The molecule has 0 atom stereocenters. The molecule has 0 spiro atoms. The molecular formula is C15H21Cl2N5O4S. The Morgan fingerprint density at radius 3 is 2.59 bits per heavy atom. The van der Waals surface area contributed by atoms with Crippen molar-refractivity contribution in [1.29, 1.82) is 0 Å². The van der Waals surface area contributed by atoms with E-state index < -0.39 is 14.9 Å². The zero-order chi connectivity index (χ0) is 17.9. The molecule has 3 rings (SSSR count). The van der Waals surface area contributed by atoms with Crippen molar-refractivity contribution in [3.05, 3.63) is 40.6 Å². The van der Waals surface area contributed by atoms with Gasteiger partial charge in [0.1, 0.15) is 4.90 Å². The first-order valence-electron chi connectivity index (χ1n) is 7.94. The summed E-state index contributed by atoms with van der Waals surface area (Å²) in [6.07, 6.45) is 1.42. The van der Waals surface area contributed by atoms with Gasteiger partial charge in [-0.3, -0.25) is 20.0 Å². The van der Waals surface area contributed by atoms with Crippen molar-refractivity contribution >= 4 is 51.4 Å². The smallest absolute Gasteiger partial charge is 0.278 e. The van der Waals surface area contributed by atoms with E-state index in [1.165, 1.54) is 24.4 Å². The van der Waals surface area contributed by atoms with E-state index in [4.69, 9.17) is 0 Å². The largest absolute Gasteiger partial charge is 0.314 e. The van der Waals surface area contributed by atoms with E-state index >= 15 is 0 Å². The number of nitro groups is 1. The maximum absolute atomic E-state index is 12.6. The van der Waals surface area contributed by atoms with Crippen LogP contribution in [-0.2, 0) is 10.0 Å². The number of rotatable bonds is 6. The number of benzene rings is 1. The van der Waals surface area contributed by atoms with Crippen molar-refractivity contribution < 1.29 is 13.3 Å². The average molecular weight is 438 g/mol. The molecule has 2 N–H and O–H groups in total. The normalized spacial score (nSPS) is 15.0. The molecule has 0 aliphatic carbocycles. The van der Waals surface area contributed by atoms with Crippen LogP contribution in [0.3, 0.4) is 0 Å². The maximum atomic E-state index is 12.6. The van der Waals surface area contributed by atoms with Crippen molar-refractivity contribution in [2.75, 3.05) is 39.3 Å². The van der Waals surface area contributed by atoms with E-state index in [-0.39, 0.29) is 52.8 Å². The monoisotopic (exact) mass is 437 g/mol. The number of halogens is 2. The van der Waals surface area contributed by atoms with Gasteiger partial charge in [0.25, 0.3) is 5.69 Å². The number of nitrogens with one attached hydrogen (secondary N) is 2. The molecule has 1 aliphatic rings. The maximum Gasteiger partial charge on any atom is 0.278 e. The van der Waals surface area contributed by atoms with E-state index in [1.807, 2.05) is 0 Å². The van der Waals surface area contributed by atoms with Gasteiger partial charge in [-0.15, -0.1) is 24.8 Å². The Bertz CT molecular complexity index is 891. The second kappa shape index (κ2) is 10.1. The van der Waals surface area contributed by atoms with Crippen molar-refractivity contribution in [3.63, 3.8) is 0 Å². The van der Waals surface area contributed by atoms with Crippen molar-refractivity contribution in [1.82, 2.24) is 19.9 Å². The second-order valence-corrected chi connectivity index (χ2v) is 7.46. The van der Waals surface area contributed by atoms with Crippen LogP contribution in [0, 0.1) is 10.1 Å². The number of sulfonamides is 1. The highest BCUT2D eigenvalue weighted by Crippen LogP contribution is 2.29. The molecule has 150 valence electrons. The van der Waals surface area contributed by atoms with Crippen LogP contribution in [0.2, 0.25) is 0 Å². The first-order valence-corrected chi connectivity index (χ1v) is 9.42. The Balaban J connectivity index is 0.00000182. The summed E-state index contributed by atoms with van der Waals surface area (Å²) >= 11 is 0. The molecule has 1 fully saturated rings. The summed E-state index contributed by atoms with van der Waals surface area (Å²) < 4.78 is 27.8. The Morgan fingerprint density at radius 2 is 1.93 bits per heavy atom. The van der Waals surface area contributed by atoms with Gasteiger partial charge >= 0.3 is 0 Å². The first kappa shape index (κ1) is 23.5. The zero-order valence-corrected chi connectivity index (χ0v) is 16.8. The molecule has 0 bridgehead atoms. The lowest BCUT2D eigenvalue weighted by atomic mass is 10.2. The van der Waals surface area contributed by atoms with E-state index in [2.05, 4.69) is 19.9 Å². The van der Waals surface area contributed by atoms with Crippen LogP contribution in [0.4, 0.5) is 5.69 Å². The molecule has 0 saturated carbocycles. The lowest BCUT2D eigenvalue weighted by molar-refractivity contribution is -0.383. The van der Waals surface area contributed by atoms with Gasteiger partial charge in [-0.1, -0.05) is 0 Å².